The van der Waals surface area contributed by atoms with E-state index in [-0.39, 0.29) is 50.8 Å². The Balaban J connectivity index is 0.000000282. The Morgan fingerprint density at radius 2 is 1.46 bits per heavy atom. The molecule has 0 spiro atoms. The molecule has 37 nitrogen and oxygen atoms in total. The lowest BCUT2D eigenvalue weighted by atomic mass is 9.78. The first kappa shape index (κ1) is 88.8. The topological polar surface area (TPSA) is 595 Å². The highest BCUT2D eigenvalue weighted by Gasteiger charge is 2.61. The number of fused-ring (bicyclic) bond motifs is 14. The maximum atomic E-state index is 14.4. The maximum Gasteiger partial charge on any atom is 0.312 e. The van der Waals surface area contributed by atoms with Crippen LogP contribution in [-0.2, 0) is 54.0 Å². The fourth-order valence-electron chi connectivity index (χ4n) is 13.8. The average molecular weight is 1570 g/mol. The predicted octanol–water partition coefficient (Wildman–Crippen LogP) is -2.55. The number of ketones is 1. The number of aromatic nitrogens is 1. The smallest absolute Gasteiger partial charge is 0.312 e. The van der Waals surface area contributed by atoms with Crippen LogP contribution in [0.25, 0.3) is 10.8 Å². The molecular weight excluding hydrogens is 1460 g/mol. The van der Waals surface area contributed by atoms with Crippen molar-refractivity contribution in [2.75, 3.05) is 59.3 Å². The number of aliphatic hydroxyl groups is 9. The van der Waals surface area contributed by atoms with Gasteiger partial charge in [-0.1, -0.05) is 65.1 Å². The number of hydrogen-bond acceptors (Lipinski definition) is 32. The summed E-state index contributed by atoms with van der Waals surface area (Å²) in [6.45, 7) is 17.8. The highest BCUT2D eigenvalue weighted by atomic mass is 32.1. The molecule has 24 atom stereocenters. The number of hydrogen-bond donors (Lipinski definition) is 19. The van der Waals surface area contributed by atoms with Crippen molar-refractivity contribution in [1.29, 1.82) is 0 Å². The Bertz CT molecular complexity index is 3950. The SMILES string of the molecule is CCc1cc(C(N)=S)ccn1.CN[C@@H]1[C@H](O[C@H]2[C@H](O[C@H]3[C@H](O)[C@@H](O)[C@H](N=C(N)N)[C@@H](O)[C@@H]3N=C(N)N)O[C@@H](C)[C@]2(O)C=O)O[C@@H](CO)[C@H](O)[C@H]1O.CO[C@H]1/C=C/O[C@@]2(C)Oc3c(C)c(O)c4c(O)c(c(/C=N\N5CCN(C)CC5)c(O)c4c3C2=O)NC(=O)/C(C)=C\C=C\[C@@H](C)[C@@H](O)[C@@H](C)[C@H](O)[C@H](C)[C@H](OC(C)=O)[C@@H]1C. The van der Waals surface area contributed by atoms with Gasteiger partial charge in [-0.15, -0.1) is 0 Å². The summed E-state index contributed by atoms with van der Waals surface area (Å²) >= 11 is 4.82. The number of aliphatic imine (C=N–C) groups is 2. The number of guanidine groups is 2. The zero-order valence-corrected chi connectivity index (χ0v) is 64.3. The van der Waals surface area contributed by atoms with Crippen LogP contribution in [0.15, 0.2) is 69.6 Å². The second-order valence-corrected chi connectivity index (χ2v) is 28.7. The number of aliphatic hydroxyl groups excluding tert-OH is 8. The van der Waals surface area contributed by atoms with Gasteiger partial charge in [0.1, 0.15) is 89.3 Å². The number of rotatable bonds is 15. The van der Waals surface area contributed by atoms with E-state index in [9.17, 15) is 80.5 Å². The van der Waals surface area contributed by atoms with Gasteiger partial charge in [0.2, 0.25) is 0 Å². The summed E-state index contributed by atoms with van der Waals surface area (Å²) in [7, 11) is 4.84. The van der Waals surface area contributed by atoms with Crippen molar-refractivity contribution in [3.05, 3.63) is 82.4 Å². The first-order valence-corrected chi connectivity index (χ1v) is 36.1. The summed E-state index contributed by atoms with van der Waals surface area (Å²) in [4.78, 5) is 66.9. The van der Waals surface area contributed by atoms with E-state index in [1.807, 2.05) is 26.1 Å². The molecule has 110 heavy (non-hydrogen) atoms. The van der Waals surface area contributed by atoms with Gasteiger partial charge in [-0.3, -0.25) is 29.2 Å². The molecule has 1 saturated carbocycles. The van der Waals surface area contributed by atoms with Gasteiger partial charge in [0, 0.05) is 105 Å². The molecule has 24 N–H and O–H groups in total. The number of Topliss-reactive ketones (excluding diaryl/α,β-unsaturated/α-hetero) is 1. The summed E-state index contributed by atoms with van der Waals surface area (Å²) < 4.78 is 46.5. The number of benzene rings is 2. The normalized spacial score (nSPS) is 35.4. The average Bonchev–Trinajstić information content (AvgIpc) is 1.50. The minimum Gasteiger partial charge on any atom is -0.507 e. The van der Waals surface area contributed by atoms with E-state index in [1.165, 1.54) is 73.4 Å². The van der Waals surface area contributed by atoms with Crippen LogP contribution in [0.4, 0.5) is 5.69 Å². The predicted molar refractivity (Wildman–Crippen MR) is 403 cm³/mol. The van der Waals surface area contributed by atoms with Crippen LogP contribution >= 0.6 is 12.2 Å². The molecule has 0 radical (unpaired) electrons. The molecular formula is C72H107N13O24S. The standard InChI is InChI=1S/C43H58N4O12.C21H39N7O12.C8H10N2S/c1-21-12-11-13-22(2)42(55)45-33-28(20-44-47-17-15-46(9)16-18-47)37(52)30-31(38(33)53)36(51)26(6)40-32(30)41(54)43(8,59-40)57-19-14-29(56-10)23(3)39(58-27(7)48)25(5)35(50)24(4)34(21)49;1-5-21(36,4-30)16(40-17-9(26-2)13(34)10(31)6(3-29)38-17)18(37-5)39-15-8(28-20(24)25)11(32)7(27-19(22)23)12(33)14(15)35;1-2-7-5-6(8(9)11)3-4-10-7/h11-14,19-21,23-25,29,34-35,39,49-53H,15-18H2,1-10H3,(H,45,55);4-18,26,29,31-36H,3H2,1-2H3,(H4,22,23,27)(H4,24,25,28);3-5H,2H2,1H3,(H2,9,11)/b12-11+,19-14+,22-13-,44-20-;;/t21-,23-,24-,25+,29+,34-,35+,39-,43+;5-,6-,7+,8-,9-,10-,11+,12-,13-,14+,15+,16-,17-,18-,21+;/m10./s1. The molecule has 610 valence electrons. The number of carbonyl (C=O) groups excluding carboxylic acids is 4. The maximum absolute atomic E-state index is 14.4. The Morgan fingerprint density at radius 1 is 0.818 bits per heavy atom. The number of carbonyl (C=O) groups is 4. The van der Waals surface area contributed by atoms with E-state index in [0.717, 1.165) is 30.8 Å². The molecule has 0 unspecified atom stereocenters. The van der Waals surface area contributed by atoms with Gasteiger partial charge in [0.25, 0.3) is 11.7 Å². The number of aromatic hydroxyl groups is 3. The Labute approximate surface area is 641 Å². The van der Waals surface area contributed by atoms with E-state index >= 15 is 0 Å². The molecule has 2 aromatic carbocycles. The number of anilines is 1. The van der Waals surface area contributed by atoms with Crippen LogP contribution in [0.3, 0.4) is 0 Å². The van der Waals surface area contributed by atoms with Gasteiger partial charge in [-0.05, 0) is 59.5 Å². The number of piperazine rings is 1. The number of methoxy groups -OCH3 is 1. The Hall–Kier alpha value is -8.39. The highest BCUT2D eigenvalue weighted by Crippen LogP contribution is 2.55. The number of nitrogens with two attached hydrogens (primary N) is 5. The van der Waals surface area contributed by atoms with E-state index in [2.05, 4.69) is 35.6 Å². The second kappa shape index (κ2) is 37.8. The molecule has 38 heteroatoms. The van der Waals surface area contributed by atoms with Crippen molar-refractivity contribution >= 4 is 75.7 Å². The molecule has 10 rings (SSSR count). The van der Waals surface area contributed by atoms with Crippen LogP contribution in [-0.4, -0.2) is 299 Å². The summed E-state index contributed by atoms with van der Waals surface area (Å²) in [5.41, 5.74) is 26.4. The zero-order valence-electron chi connectivity index (χ0n) is 63.5. The van der Waals surface area contributed by atoms with E-state index in [0.29, 0.717) is 18.1 Å². The zero-order chi connectivity index (χ0) is 82.0. The lowest BCUT2D eigenvalue weighted by molar-refractivity contribution is -0.314. The number of hydrazone groups is 1. The molecule has 5 bridgehead atoms. The third kappa shape index (κ3) is 19.4. The lowest BCUT2D eigenvalue weighted by Gasteiger charge is -2.45. The molecule has 1 aliphatic carbocycles. The second-order valence-electron chi connectivity index (χ2n) is 28.3. The molecule has 4 fully saturated rings. The Morgan fingerprint density at radius 3 is 2.05 bits per heavy atom. The van der Waals surface area contributed by atoms with Crippen LogP contribution in [0, 0.1) is 30.6 Å². The van der Waals surface area contributed by atoms with Gasteiger partial charge in [-0.2, -0.15) is 5.10 Å². The number of allylic oxidation sites excluding steroid dienone is 2. The molecule has 7 aliphatic rings. The fraction of sp³-hybridized carbons (Fsp3) is 0.597. The number of nitrogens with one attached hydrogen (secondary N) is 2. The number of phenolic OH excluding ortho intramolecular Hbond substituents is 3. The largest absolute Gasteiger partial charge is 0.507 e. The number of nitrogens with zero attached hydrogens (tertiary/aromatic N) is 6. The minimum absolute atomic E-state index is 0.0559. The van der Waals surface area contributed by atoms with E-state index < -0.39 is 199 Å². The van der Waals surface area contributed by atoms with Crippen molar-refractivity contribution in [1.82, 2.24) is 20.2 Å². The quantitative estimate of drug-likeness (QED) is 0.0142. The van der Waals surface area contributed by atoms with Crippen molar-refractivity contribution in [2.24, 2.45) is 67.4 Å². The number of aryl methyl sites for hydroxylation is 1. The molecule has 1 amide bonds. The van der Waals surface area contributed by atoms with Gasteiger partial charge in [0.05, 0.1) is 71.7 Å². The first-order valence-electron chi connectivity index (χ1n) is 35.7. The summed E-state index contributed by atoms with van der Waals surface area (Å²) in [5.74, 6) is -9.38. The number of esters is 1. The first-order chi connectivity index (χ1) is 51.7. The van der Waals surface area contributed by atoms with Crippen molar-refractivity contribution in [3.8, 4) is 23.0 Å². The fourth-order valence-corrected chi connectivity index (χ4v) is 14.0. The van der Waals surface area contributed by atoms with Crippen LogP contribution in [0.1, 0.15) is 95.1 Å². The van der Waals surface area contributed by atoms with E-state index in [1.54, 1.807) is 51.1 Å². The van der Waals surface area contributed by atoms with Crippen LogP contribution in [0.5, 0.6) is 23.0 Å². The van der Waals surface area contributed by atoms with Crippen molar-refractivity contribution < 1.29 is 118 Å². The van der Waals surface area contributed by atoms with Crippen molar-refractivity contribution in [3.63, 3.8) is 0 Å². The molecule has 7 heterocycles. The van der Waals surface area contributed by atoms with Gasteiger partial charge >= 0.3 is 11.8 Å². The van der Waals surface area contributed by atoms with E-state index in [4.69, 9.17) is 78.8 Å². The third-order valence-corrected chi connectivity index (χ3v) is 20.9. The monoisotopic (exact) mass is 1570 g/mol. The number of phenols is 3. The number of likely N-dealkylation sites (N-methyl/N-ethyl adjacent to an activating group) is 2. The number of amides is 1. The molecule has 6 aliphatic heterocycles. The Kier molecular flexibility index (Phi) is 30.5. The van der Waals surface area contributed by atoms with Gasteiger partial charge in [-0.25, -0.2) is 9.98 Å². The van der Waals surface area contributed by atoms with Gasteiger partial charge in [0.15, 0.2) is 42.1 Å². The lowest BCUT2D eigenvalue weighted by Crippen LogP contribution is -2.66. The van der Waals surface area contributed by atoms with Crippen molar-refractivity contribution in [2.45, 2.75) is 197 Å². The summed E-state index contributed by atoms with van der Waals surface area (Å²) in [6, 6.07) is -0.341. The van der Waals surface area contributed by atoms with Crippen LogP contribution in [0.2, 0.25) is 0 Å². The van der Waals surface area contributed by atoms with Crippen LogP contribution < -0.4 is 44.0 Å². The number of ether oxygens (including phenoxy) is 8. The molecule has 3 aromatic rings. The number of thiocarbonyl (C=S) groups is 1. The summed E-state index contributed by atoms with van der Waals surface area (Å²) in [6.07, 6.45) is -9.82. The molecule has 3 saturated heterocycles. The molecule has 1 aromatic heterocycles. The third-order valence-electron chi connectivity index (χ3n) is 20.7. The highest BCUT2D eigenvalue weighted by molar-refractivity contribution is 7.80. The number of aldehydes is 1. The van der Waals surface area contributed by atoms with Gasteiger partial charge < -0.3 is 143 Å². The summed E-state index contributed by atoms with van der Waals surface area (Å²) in [5, 5.41) is 143. The number of pyridine rings is 1. The minimum atomic E-state index is -2.38.